The zero-order valence-electron chi connectivity index (χ0n) is 14.5. The van der Waals surface area contributed by atoms with Gasteiger partial charge in [0.1, 0.15) is 17.9 Å². The number of anilines is 2. The number of aromatic nitrogens is 3. The van der Waals surface area contributed by atoms with Gasteiger partial charge in [-0.1, -0.05) is 6.07 Å². The maximum Gasteiger partial charge on any atom is 0.143 e. The van der Waals surface area contributed by atoms with Crippen molar-refractivity contribution in [3.8, 4) is 5.75 Å². The lowest BCUT2D eigenvalue weighted by Gasteiger charge is -2.20. The second-order valence-electron chi connectivity index (χ2n) is 5.30. The minimum atomic E-state index is 0. The maximum absolute atomic E-state index is 6.02. The lowest BCUT2D eigenvalue weighted by Crippen LogP contribution is -2.22. The highest BCUT2D eigenvalue weighted by Gasteiger charge is 2.12. The van der Waals surface area contributed by atoms with Gasteiger partial charge in [-0.05, 0) is 18.2 Å². The molecule has 0 unspecified atom stereocenters. The normalized spacial score (nSPS) is 9.46. The minimum Gasteiger partial charge on any atom is -0.495 e. The molecule has 0 saturated carbocycles. The SMILES string of the molecule is COc1cc2ncnc(N(C)CCc3ccccn3)c2cc1N.Cl.Cl.O. The smallest absolute Gasteiger partial charge is 0.143 e. The van der Waals surface area contributed by atoms with E-state index in [0.717, 1.165) is 35.4 Å². The van der Waals surface area contributed by atoms with Gasteiger partial charge in [-0.15, -0.1) is 24.8 Å². The predicted octanol–water partition coefficient (Wildman–Crippen LogP) is 2.31. The molecule has 0 spiro atoms. The second-order valence-corrected chi connectivity index (χ2v) is 5.30. The molecule has 0 fully saturated rings. The number of pyridine rings is 1. The van der Waals surface area contributed by atoms with Gasteiger partial charge >= 0.3 is 0 Å². The van der Waals surface area contributed by atoms with Gasteiger partial charge in [-0.25, -0.2) is 9.97 Å². The molecule has 0 aliphatic rings. The van der Waals surface area contributed by atoms with Crippen LogP contribution in [0.25, 0.3) is 10.9 Å². The van der Waals surface area contributed by atoms with E-state index in [1.165, 1.54) is 0 Å². The first-order chi connectivity index (χ1) is 11.2. The highest BCUT2D eigenvalue weighted by atomic mass is 35.5. The number of hydrogen-bond acceptors (Lipinski definition) is 6. The third kappa shape index (κ3) is 5.08. The van der Waals surface area contributed by atoms with Crippen molar-refractivity contribution in [2.45, 2.75) is 6.42 Å². The molecular formula is C17H23Cl2N5O2. The van der Waals surface area contributed by atoms with E-state index in [9.17, 15) is 0 Å². The molecule has 0 aliphatic carbocycles. The van der Waals surface area contributed by atoms with Gasteiger partial charge in [0, 0.05) is 43.4 Å². The summed E-state index contributed by atoms with van der Waals surface area (Å²) in [6.45, 7) is 0.801. The summed E-state index contributed by atoms with van der Waals surface area (Å²) < 4.78 is 5.25. The van der Waals surface area contributed by atoms with Crippen LogP contribution in [0, 0.1) is 0 Å². The lowest BCUT2D eigenvalue weighted by molar-refractivity contribution is 0.417. The molecule has 0 amide bonds. The van der Waals surface area contributed by atoms with Crippen molar-refractivity contribution >= 4 is 47.2 Å². The largest absolute Gasteiger partial charge is 0.495 e. The zero-order valence-corrected chi connectivity index (χ0v) is 16.2. The number of nitrogens with two attached hydrogens (primary N) is 1. The molecule has 3 rings (SSSR count). The number of ether oxygens (including phenoxy) is 1. The molecule has 1 aromatic carbocycles. The van der Waals surface area contributed by atoms with E-state index in [1.54, 1.807) is 13.4 Å². The van der Waals surface area contributed by atoms with E-state index in [4.69, 9.17) is 10.5 Å². The third-order valence-corrected chi connectivity index (χ3v) is 3.76. The Bertz CT molecular complexity index is 821. The first-order valence-electron chi connectivity index (χ1n) is 7.38. The van der Waals surface area contributed by atoms with Crippen molar-refractivity contribution in [3.63, 3.8) is 0 Å². The van der Waals surface area contributed by atoms with Crippen molar-refractivity contribution in [2.24, 2.45) is 0 Å². The standard InChI is InChI=1S/C17H19N5O.2ClH.H2O/c1-22(8-6-12-5-3-4-7-19-12)17-13-9-14(18)16(23-2)10-15(13)20-11-21-17;;;/h3-5,7,9-11H,6,8,18H2,1-2H3;2*1H;1H2. The number of likely N-dealkylation sites (N-methyl/N-ethyl adjacent to an activating group) is 1. The van der Waals surface area contributed by atoms with E-state index in [2.05, 4.69) is 19.9 Å². The number of nitrogens with zero attached hydrogens (tertiary/aromatic N) is 4. The van der Waals surface area contributed by atoms with E-state index in [-0.39, 0.29) is 30.3 Å². The molecule has 0 radical (unpaired) electrons. The molecule has 2 aromatic heterocycles. The molecule has 3 aromatic rings. The van der Waals surface area contributed by atoms with Crippen molar-refractivity contribution in [1.29, 1.82) is 0 Å². The van der Waals surface area contributed by atoms with Crippen molar-refractivity contribution in [1.82, 2.24) is 15.0 Å². The Morgan fingerprint density at radius 2 is 1.88 bits per heavy atom. The highest BCUT2D eigenvalue weighted by Crippen LogP contribution is 2.30. The van der Waals surface area contributed by atoms with Crippen LogP contribution in [0.3, 0.4) is 0 Å². The first kappa shape index (κ1) is 23.6. The molecule has 0 bridgehead atoms. The average molecular weight is 400 g/mol. The van der Waals surface area contributed by atoms with E-state index < -0.39 is 0 Å². The molecule has 0 saturated heterocycles. The Hall–Kier alpha value is -2.35. The second kappa shape index (κ2) is 10.6. The van der Waals surface area contributed by atoms with Crippen molar-refractivity contribution in [3.05, 3.63) is 48.5 Å². The Balaban J connectivity index is 0.00000208. The van der Waals surface area contributed by atoms with Gasteiger partial charge in [0.2, 0.25) is 0 Å². The predicted molar refractivity (Wildman–Crippen MR) is 110 cm³/mol. The summed E-state index contributed by atoms with van der Waals surface area (Å²) in [4.78, 5) is 15.2. The molecule has 0 aliphatic heterocycles. The molecular weight excluding hydrogens is 377 g/mol. The molecule has 0 atom stereocenters. The number of halogens is 2. The van der Waals surface area contributed by atoms with Crippen LogP contribution in [-0.2, 0) is 6.42 Å². The van der Waals surface area contributed by atoms with Gasteiger partial charge < -0.3 is 20.8 Å². The highest BCUT2D eigenvalue weighted by molar-refractivity contribution is 5.93. The topological polar surface area (TPSA) is 109 Å². The summed E-state index contributed by atoms with van der Waals surface area (Å²) in [5, 5.41) is 0.911. The van der Waals surface area contributed by atoms with Crippen LogP contribution >= 0.6 is 24.8 Å². The first-order valence-corrected chi connectivity index (χ1v) is 7.38. The minimum absolute atomic E-state index is 0. The molecule has 9 heteroatoms. The van der Waals surface area contributed by atoms with Gasteiger partial charge in [0.25, 0.3) is 0 Å². The zero-order chi connectivity index (χ0) is 16.2. The van der Waals surface area contributed by atoms with E-state index >= 15 is 0 Å². The monoisotopic (exact) mass is 399 g/mol. The van der Waals surface area contributed by atoms with Gasteiger partial charge in [-0.2, -0.15) is 0 Å². The molecule has 26 heavy (non-hydrogen) atoms. The quantitative estimate of drug-likeness (QED) is 0.659. The number of hydrogen-bond donors (Lipinski definition) is 1. The fourth-order valence-electron chi connectivity index (χ4n) is 2.50. The number of nitrogen functional groups attached to an aromatic ring is 1. The third-order valence-electron chi connectivity index (χ3n) is 3.76. The van der Waals surface area contributed by atoms with Crippen LogP contribution in [0.5, 0.6) is 5.75 Å². The van der Waals surface area contributed by atoms with E-state index in [1.807, 2.05) is 43.6 Å². The Labute approximate surface area is 164 Å². The summed E-state index contributed by atoms with van der Waals surface area (Å²) in [7, 11) is 3.60. The number of benzene rings is 1. The Morgan fingerprint density at radius 3 is 2.54 bits per heavy atom. The van der Waals surface area contributed by atoms with Gasteiger partial charge in [0.15, 0.2) is 0 Å². The summed E-state index contributed by atoms with van der Waals surface area (Å²) in [5.74, 6) is 1.47. The summed E-state index contributed by atoms with van der Waals surface area (Å²) in [5.41, 5.74) is 8.47. The molecule has 142 valence electrons. The van der Waals surface area contributed by atoms with Crippen LogP contribution in [-0.4, -0.2) is 41.1 Å². The fraction of sp³-hybridized carbons (Fsp3) is 0.235. The van der Waals surface area contributed by atoms with Crippen LogP contribution in [0.1, 0.15) is 5.69 Å². The number of fused-ring (bicyclic) bond motifs is 1. The molecule has 2 heterocycles. The van der Waals surface area contributed by atoms with E-state index in [0.29, 0.717) is 11.4 Å². The Morgan fingerprint density at radius 1 is 1.12 bits per heavy atom. The molecule has 4 N–H and O–H groups in total. The average Bonchev–Trinajstić information content (AvgIpc) is 2.59. The van der Waals surface area contributed by atoms with Crippen LogP contribution < -0.4 is 15.4 Å². The Kier molecular flexibility index (Phi) is 9.64. The van der Waals surface area contributed by atoms with Crippen molar-refractivity contribution in [2.75, 3.05) is 31.3 Å². The number of methoxy groups -OCH3 is 1. The maximum atomic E-state index is 6.02. The van der Waals surface area contributed by atoms with Crippen LogP contribution in [0.4, 0.5) is 11.5 Å². The van der Waals surface area contributed by atoms with Crippen LogP contribution in [0.15, 0.2) is 42.9 Å². The van der Waals surface area contributed by atoms with Gasteiger partial charge in [0.05, 0.1) is 18.3 Å². The lowest BCUT2D eigenvalue weighted by atomic mass is 10.2. The molecule has 7 nitrogen and oxygen atoms in total. The summed E-state index contributed by atoms with van der Waals surface area (Å²) in [6.07, 6.45) is 4.21. The van der Waals surface area contributed by atoms with Gasteiger partial charge in [-0.3, -0.25) is 4.98 Å². The fourth-order valence-corrected chi connectivity index (χ4v) is 2.50. The van der Waals surface area contributed by atoms with Crippen molar-refractivity contribution < 1.29 is 10.2 Å². The number of rotatable bonds is 5. The summed E-state index contributed by atoms with van der Waals surface area (Å²) >= 11 is 0. The van der Waals surface area contributed by atoms with Crippen LogP contribution in [0.2, 0.25) is 0 Å². The summed E-state index contributed by atoms with van der Waals surface area (Å²) in [6, 6.07) is 9.63.